The number of alkyl halides is 1. The van der Waals surface area contributed by atoms with Gasteiger partial charge in [0.25, 0.3) is 0 Å². The van der Waals surface area contributed by atoms with E-state index in [2.05, 4.69) is 17.0 Å². The van der Waals surface area contributed by atoms with Crippen molar-refractivity contribution in [2.45, 2.75) is 32.7 Å². The van der Waals surface area contributed by atoms with Gasteiger partial charge in [0.1, 0.15) is 12.2 Å². The molecule has 2 rings (SSSR count). The van der Waals surface area contributed by atoms with E-state index < -0.39 is 0 Å². The summed E-state index contributed by atoms with van der Waals surface area (Å²) < 4.78 is 7.49. The molecule has 90 valence electrons. The lowest BCUT2D eigenvalue weighted by molar-refractivity contribution is 0.00331. The van der Waals surface area contributed by atoms with Crippen LogP contribution in [0, 0.1) is 5.41 Å². The van der Waals surface area contributed by atoms with Crippen LogP contribution in [0.3, 0.4) is 0 Å². The first-order chi connectivity index (χ1) is 7.79. The summed E-state index contributed by atoms with van der Waals surface area (Å²) in [5, 5.41) is 4.19. The van der Waals surface area contributed by atoms with E-state index in [-0.39, 0.29) is 5.41 Å². The van der Waals surface area contributed by atoms with Gasteiger partial charge >= 0.3 is 0 Å². The maximum Gasteiger partial charge on any atom is 0.138 e. The summed E-state index contributed by atoms with van der Waals surface area (Å²) in [6, 6.07) is 0. The number of hydrogen-bond donors (Lipinski definition) is 0. The van der Waals surface area contributed by atoms with E-state index in [1.165, 1.54) is 0 Å². The van der Waals surface area contributed by atoms with Crippen LogP contribution in [-0.4, -0.2) is 33.9 Å². The van der Waals surface area contributed by atoms with Crippen molar-refractivity contribution in [1.82, 2.24) is 14.8 Å². The van der Waals surface area contributed by atoms with Crippen LogP contribution in [0.25, 0.3) is 0 Å². The second kappa shape index (κ2) is 5.15. The predicted octanol–water partition coefficient (Wildman–Crippen LogP) is 1.88. The molecular formula is C11H18ClN3O. The van der Waals surface area contributed by atoms with Crippen molar-refractivity contribution in [3.8, 4) is 0 Å². The molecule has 0 aromatic carbocycles. The van der Waals surface area contributed by atoms with Crippen molar-refractivity contribution < 1.29 is 4.74 Å². The Bertz CT molecular complexity index is 334. The number of ether oxygens (including phenoxy) is 1. The fourth-order valence-electron chi connectivity index (χ4n) is 2.23. The number of aromatic nitrogens is 3. The van der Waals surface area contributed by atoms with Gasteiger partial charge in [-0.05, 0) is 19.8 Å². The average molecular weight is 244 g/mol. The van der Waals surface area contributed by atoms with Gasteiger partial charge in [-0.15, -0.1) is 11.6 Å². The third-order valence-electron chi connectivity index (χ3n) is 3.22. The molecule has 16 heavy (non-hydrogen) atoms. The Balaban J connectivity index is 2.11. The fraction of sp³-hybridized carbons (Fsp3) is 0.818. The van der Waals surface area contributed by atoms with Gasteiger partial charge in [0, 0.05) is 30.9 Å². The third-order valence-corrected chi connectivity index (χ3v) is 3.78. The van der Waals surface area contributed by atoms with Crippen LogP contribution >= 0.6 is 11.6 Å². The van der Waals surface area contributed by atoms with E-state index >= 15 is 0 Å². The minimum absolute atomic E-state index is 0.0553. The van der Waals surface area contributed by atoms with Gasteiger partial charge in [-0.25, -0.2) is 4.98 Å². The number of halogens is 1. The molecule has 1 atom stereocenters. The van der Waals surface area contributed by atoms with Crippen molar-refractivity contribution in [2.24, 2.45) is 5.41 Å². The van der Waals surface area contributed by atoms with Gasteiger partial charge in [-0.3, -0.25) is 4.68 Å². The molecule has 5 heteroatoms. The van der Waals surface area contributed by atoms with Crippen molar-refractivity contribution in [2.75, 3.05) is 19.1 Å². The molecule has 0 aliphatic carbocycles. The fourth-order valence-corrected chi connectivity index (χ4v) is 2.53. The zero-order chi connectivity index (χ0) is 11.4. The van der Waals surface area contributed by atoms with Gasteiger partial charge in [0.05, 0.1) is 6.61 Å². The zero-order valence-corrected chi connectivity index (χ0v) is 10.4. The van der Waals surface area contributed by atoms with E-state index in [0.717, 1.165) is 44.8 Å². The average Bonchev–Trinajstić information content (AvgIpc) is 2.77. The molecule has 2 heterocycles. The molecule has 1 aliphatic heterocycles. The topological polar surface area (TPSA) is 39.9 Å². The molecule has 0 saturated carbocycles. The molecule has 1 aromatic rings. The minimum Gasteiger partial charge on any atom is -0.381 e. The highest BCUT2D eigenvalue weighted by Gasteiger charge is 2.33. The molecule has 0 radical (unpaired) electrons. The lowest BCUT2D eigenvalue weighted by Crippen LogP contribution is -2.36. The molecule has 1 aromatic heterocycles. The summed E-state index contributed by atoms with van der Waals surface area (Å²) in [6.45, 7) is 4.53. The van der Waals surface area contributed by atoms with Gasteiger partial charge in [-0.2, -0.15) is 5.10 Å². The van der Waals surface area contributed by atoms with E-state index in [1.54, 1.807) is 6.33 Å². The summed E-state index contributed by atoms with van der Waals surface area (Å²) in [5.74, 6) is 1.65. The SMILES string of the molecule is CCn1ncnc1CC1(CCl)CCCOC1. The molecule has 1 fully saturated rings. The minimum atomic E-state index is 0.0553. The van der Waals surface area contributed by atoms with Crippen molar-refractivity contribution in [3.05, 3.63) is 12.2 Å². The van der Waals surface area contributed by atoms with Crippen LogP contribution in [0.5, 0.6) is 0 Å². The number of aryl methyl sites for hydroxylation is 1. The van der Waals surface area contributed by atoms with Gasteiger partial charge in [-0.1, -0.05) is 0 Å². The van der Waals surface area contributed by atoms with E-state index in [0.29, 0.717) is 5.88 Å². The number of hydrogen-bond acceptors (Lipinski definition) is 3. The van der Waals surface area contributed by atoms with Crippen LogP contribution in [0.1, 0.15) is 25.6 Å². The van der Waals surface area contributed by atoms with Crippen LogP contribution in [0.2, 0.25) is 0 Å². The first-order valence-corrected chi connectivity index (χ1v) is 6.33. The third kappa shape index (κ3) is 2.38. The Morgan fingerprint density at radius 3 is 3.12 bits per heavy atom. The molecule has 0 N–H and O–H groups in total. The monoisotopic (exact) mass is 243 g/mol. The number of nitrogens with zero attached hydrogens (tertiary/aromatic N) is 3. The van der Waals surface area contributed by atoms with Crippen LogP contribution in [0.15, 0.2) is 6.33 Å². The highest BCUT2D eigenvalue weighted by Crippen LogP contribution is 2.33. The second-order valence-corrected chi connectivity index (χ2v) is 4.73. The Labute approximate surface area is 101 Å². The first-order valence-electron chi connectivity index (χ1n) is 5.80. The molecule has 0 bridgehead atoms. The normalized spacial score (nSPS) is 25.9. The van der Waals surface area contributed by atoms with Crippen molar-refractivity contribution in [3.63, 3.8) is 0 Å². The van der Waals surface area contributed by atoms with Gasteiger partial charge < -0.3 is 4.74 Å². The maximum absolute atomic E-state index is 6.11. The highest BCUT2D eigenvalue weighted by molar-refractivity contribution is 6.18. The maximum atomic E-state index is 6.11. The van der Waals surface area contributed by atoms with Crippen molar-refractivity contribution in [1.29, 1.82) is 0 Å². The quantitative estimate of drug-likeness (QED) is 0.758. The zero-order valence-electron chi connectivity index (χ0n) is 9.65. The van der Waals surface area contributed by atoms with Gasteiger partial charge in [0.15, 0.2) is 0 Å². The lowest BCUT2D eigenvalue weighted by Gasteiger charge is -2.34. The Morgan fingerprint density at radius 1 is 1.62 bits per heavy atom. The smallest absolute Gasteiger partial charge is 0.138 e. The lowest BCUT2D eigenvalue weighted by atomic mass is 9.81. The Morgan fingerprint density at radius 2 is 2.50 bits per heavy atom. The standard InChI is InChI=1S/C11H18ClN3O/c1-2-15-10(13-9-14-15)6-11(7-12)4-3-5-16-8-11/h9H,2-8H2,1H3. The Hall–Kier alpha value is -0.610. The molecule has 1 aliphatic rings. The summed E-state index contributed by atoms with van der Waals surface area (Å²) >= 11 is 6.11. The molecule has 1 unspecified atom stereocenters. The molecule has 0 spiro atoms. The van der Waals surface area contributed by atoms with E-state index in [1.807, 2.05) is 4.68 Å². The highest BCUT2D eigenvalue weighted by atomic mass is 35.5. The van der Waals surface area contributed by atoms with Gasteiger partial charge in [0.2, 0.25) is 0 Å². The summed E-state index contributed by atoms with van der Waals surface area (Å²) in [7, 11) is 0. The van der Waals surface area contributed by atoms with Crippen molar-refractivity contribution >= 4 is 11.6 Å². The molecule has 4 nitrogen and oxygen atoms in total. The van der Waals surface area contributed by atoms with E-state index in [9.17, 15) is 0 Å². The predicted molar refractivity (Wildman–Crippen MR) is 62.6 cm³/mol. The molecule has 1 saturated heterocycles. The van der Waals surface area contributed by atoms with Crippen LogP contribution in [-0.2, 0) is 17.7 Å². The summed E-state index contributed by atoms with van der Waals surface area (Å²) in [4.78, 5) is 4.31. The number of rotatable bonds is 4. The first kappa shape index (κ1) is 11.9. The van der Waals surface area contributed by atoms with E-state index in [4.69, 9.17) is 16.3 Å². The molecular weight excluding hydrogens is 226 g/mol. The second-order valence-electron chi connectivity index (χ2n) is 4.46. The van der Waals surface area contributed by atoms with Crippen LogP contribution < -0.4 is 0 Å². The Kier molecular flexibility index (Phi) is 3.82. The summed E-state index contributed by atoms with van der Waals surface area (Å²) in [5.41, 5.74) is 0.0553. The largest absolute Gasteiger partial charge is 0.381 e. The van der Waals surface area contributed by atoms with Crippen LogP contribution in [0.4, 0.5) is 0 Å². The molecule has 0 amide bonds. The summed E-state index contributed by atoms with van der Waals surface area (Å²) in [6.07, 6.45) is 4.69.